The Bertz CT molecular complexity index is 1980. The summed E-state index contributed by atoms with van der Waals surface area (Å²) in [5, 5.41) is 6.40. The van der Waals surface area contributed by atoms with Gasteiger partial charge < -0.3 is 20.1 Å². The summed E-state index contributed by atoms with van der Waals surface area (Å²) >= 11 is 0. The van der Waals surface area contributed by atoms with Gasteiger partial charge in [-0.05, 0) is 107 Å². The molecule has 4 aromatic rings. The number of anilines is 2. The van der Waals surface area contributed by atoms with E-state index in [2.05, 4.69) is 61.7 Å². The summed E-state index contributed by atoms with van der Waals surface area (Å²) in [6.45, 7) is 3.37. The predicted octanol–water partition coefficient (Wildman–Crippen LogP) is 5.58. The Labute approximate surface area is 297 Å². The molecule has 3 N–H and O–H groups in total. The van der Waals surface area contributed by atoms with Crippen LogP contribution in [0.1, 0.15) is 94.9 Å². The van der Waals surface area contributed by atoms with E-state index in [1.807, 2.05) is 36.5 Å². The SMILES string of the molecule is CN1CCC[C@@H]1c1cc2cnc(NC(=O)c3ccc(CCCC4CCN(c5cccc6c5CN([C@H]5CCC(=O)NC5=O)C6=O)CC4)cc3)cc2[nH]1. The van der Waals surface area contributed by atoms with E-state index in [0.717, 1.165) is 80.3 Å². The number of amides is 4. The highest BCUT2D eigenvalue weighted by Gasteiger charge is 2.40. The van der Waals surface area contributed by atoms with Crippen LogP contribution in [0.5, 0.6) is 0 Å². The lowest BCUT2D eigenvalue weighted by atomic mass is 9.90. The van der Waals surface area contributed by atoms with Crippen LogP contribution < -0.4 is 15.5 Å². The predicted molar refractivity (Wildman–Crippen MR) is 195 cm³/mol. The Morgan fingerprint density at radius 1 is 0.961 bits per heavy atom. The van der Waals surface area contributed by atoms with Gasteiger partial charge in [-0.25, -0.2) is 4.98 Å². The molecule has 2 aromatic carbocycles. The number of fused-ring (bicyclic) bond motifs is 2. The molecule has 0 spiro atoms. The number of aromatic amines is 1. The van der Waals surface area contributed by atoms with Crippen molar-refractivity contribution in [3.8, 4) is 0 Å². The molecule has 3 fully saturated rings. The lowest BCUT2D eigenvalue weighted by Crippen LogP contribution is -2.52. The van der Waals surface area contributed by atoms with Gasteiger partial charge in [-0.3, -0.25) is 29.4 Å². The number of carbonyl (C=O) groups is 4. The summed E-state index contributed by atoms with van der Waals surface area (Å²) in [6, 6.07) is 17.7. The third-order valence-electron chi connectivity index (χ3n) is 11.5. The van der Waals surface area contributed by atoms with E-state index in [0.29, 0.717) is 41.9 Å². The van der Waals surface area contributed by atoms with Crippen LogP contribution in [0, 0.1) is 5.92 Å². The van der Waals surface area contributed by atoms with Crippen molar-refractivity contribution >= 4 is 46.0 Å². The van der Waals surface area contributed by atoms with Crippen LogP contribution in [0.2, 0.25) is 0 Å². The minimum atomic E-state index is -0.602. The third-order valence-corrected chi connectivity index (χ3v) is 11.5. The van der Waals surface area contributed by atoms with Crippen molar-refractivity contribution in [2.24, 2.45) is 5.92 Å². The zero-order valence-electron chi connectivity index (χ0n) is 29.1. The fourth-order valence-electron chi connectivity index (χ4n) is 8.53. The van der Waals surface area contributed by atoms with E-state index in [1.165, 1.54) is 17.7 Å². The normalized spacial score (nSPS) is 21.4. The van der Waals surface area contributed by atoms with Crippen molar-refractivity contribution in [1.29, 1.82) is 0 Å². The largest absolute Gasteiger partial charge is 0.371 e. The van der Waals surface area contributed by atoms with Gasteiger partial charge in [0.25, 0.3) is 11.8 Å². The number of aromatic nitrogens is 2. The van der Waals surface area contributed by atoms with Gasteiger partial charge in [0.2, 0.25) is 11.8 Å². The minimum absolute atomic E-state index is 0.127. The van der Waals surface area contributed by atoms with Crippen LogP contribution in [-0.4, -0.2) is 76.1 Å². The average Bonchev–Trinajstić information content (AvgIpc) is 3.85. The maximum Gasteiger partial charge on any atom is 0.256 e. The quantitative estimate of drug-likeness (QED) is 0.196. The van der Waals surface area contributed by atoms with Crippen molar-refractivity contribution in [2.45, 2.75) is 76.4 Å². The van der Waals surface area contributed by atoms with Gasteiger partial charge in [0.05, 0.1) is 5.52 Å². The molecule has 3 saturated heterocycles. The Balaban J connectivity index is 0.803. The first kappa shape index (κ1) is 33.1. The molecule has 264 valence electrons. The van der Waals surface area contributed by atoms with Crippen LogP contribution in [0.3, 0.4) is 0 Å². The molecule has 6 heterocycles. The second-order valence-electron chi connectivity index (χ2n) is 14.7. The molecule has 0 aliphatic carbocycles. The first-order valence-electron chi connectivity index (χ1n) is 18.4. The zero-order chi connectivity index (χ0) is 35.1. The molecule has 0 unspecified atom stereocenters. The Morgan fingerprint density at radius 2 is 1.78 bits per heavy atom. The number of nitrogens with zero attached hydrogens (tertiary/aromatic N) is 4. The molecule has 4 aliphatic heterocycles. The van der Waals surface area contributed by atoms with Gasteiger partial charge in [0.1, 0.15) is 11.9 Å². The van der Waals surface area contributed by atoms with Gasteiger partial charge in [-0.2, -0.15) is 0 Å². The number of H-pyrrole nitrogens is 1. The second-order valence-corrected chi connectivity index (χ2v) is 14.7. The van der Waals surface area contributed by atoms with Crippen LogP contribution >= 0.6 is 0 Å². The second kappa shape index (κ2) is 13.9. The number of likely N-dealkylation sites (tertiary alicyclic amines) is 1. The smallest absolute Gasteiger partial charge is 0.256 e. The van der Waals surface area contributed by atoms with Crippen LogP contribution in [0.25, 0.3) is 10.9 Å². The maximum atomic E-state index is 13.3. The topological polar surface area (TPSA) is 131 Å². The van der Waals surface area contributed by atoms with E-state index in [-0.39, 0.29) is 30.0 Å². The molecule has 4 aliphatic rings. The number of pyridine rings is 1. The van der Waals surface area contributed by atoms with Crippen molar-refractivity contribution in [2.75, 3.05) is 36.9 Å². The number of nitrogens with one attached hydrogen (secondary N) is 3. The van der Waals surface area contributed by atoms with E-state index in [4.69, 9.17) is 0 Å². The summed E-state index contributed by atoms with van der Waals surface area (Å²) in [4.78, 5) is 64.9. The number of piperidine rings is 2. The standard InChI is InChI=1S/C40H45N7O4/c1-45-18-4-9-34(45)32-21-28-23-41-36(22-31(28)42-32)43-38(49)27-12-10-25(11-13-27)5-2-6-26-16-19-46(20-17-26)33-8-3-7-29-30(33)24-47(40(29)51)35-14-15-37(48)44-39(35)50/h3,7-8,10-13,21-23,26,34-35,42H,2,4-6,9,14-20,24H2,1H3,(H,41,43,49)(H,44,48,50)/t34-,35+/m1/s1. The Kier molecular flexibility index (Phi) is 9.06. The molecule has 4 amide bonds. The van der Waals surface area contributed by atoms with Crippen LogP contribution in [0.4, 0.5) is 11.5 Å². The van der Waals surface area contributed by atoms with E-state index in [1.54, 1.807) is 4.90 Å². The molecular formula is C40H45N7O4. The molecule has 2 atom stereocenters. The molecule has 51 heavy (non-hydrogen) atoms. The lowest BCUT2D eigenvalue weighted by molar-refractivity contribution is -0.136. The van der Waals surface area contributed by atoms with Gasteiger partial charge in [-0.1, -0.05) is 18.2 Å². The lowest BCUT2D eigenvalue weighted by Gasteiger charge is -2.35. The summed E-state index contributed by atoms with van der Waals surface area (Å²) in [6.07, 6.45) is 10.2. The highest BCUT2D eigenvalue weighted by molar-refractivity contribution is 6.06. The van der Waals surface area contributed by atoms with Crippen LogP contribution in [0.15, 0.2) is 60.8 Å². The molecule has 0 saturated carbocycles. The van der Waals surface area contributed by atoms with Crippen molar-refractivity contribution < 1.29 is 19.2 Å². The Hall–Kier alpha value is -5.03. The maximum absolute atomic E-state index is 13.3. The fourth-order valence-corrected chi connectivity index (χ4v) is 8.53. The number of hydrogen-bond acceptors (Lipinski definition) is 7. The Morgan fingerprint density at radius 3 is 2.55 bits per heavy atom. The van der Waals surface area contributed by atoms with Crippen molar-refractivity contribution in [1.82, 2.24) is 25.1 Å². The summed E-state index contributed by atoms with van der Waals surface area (Å²) in [7, 11) is 2.16. The number of aryl methyl sites for hydroxylation is 1. The van der Waals surface area contributed by atoms with E-state index >= 15 is 0 Å². The number of benzene rings is 2. The fraction of sp³-hybridized carbons (Fsp3) is 0.425. The molecule has 0 bridgehead atoms. The molecule has 11 nitrogen and oxygen atoms in total. The highest BCUT2D eigenvalue weighted by atomic mass is 16.2. The van der Waals surface area contributed by atoms with Gasteiger partial charge in [0, 0.05) is 77.8 Å². The average molecular weight is 688 g/mol. The van der Waals surface area contributed by atoms with Crippen LogP contribution in [-0.2, 0) is 22.6 Å². The minimum Gasteiger partial charge on any atom is -0.371 e. The van der Waals surface area contributed by atoms with Crippen molar-refractivity contribution in [3.05, 3.63) is 88.7 Å². The monoisotopic (exact) mass is 687 g/mol. The third kappa shape index (κ3) is 6.74. The summed E-state index contributed by atoms with van der Waals surface area (Å²) < 4.78 is 0. The number of imide groups is 1. The molecule has 0 radical (unpaired) electrons. The first-order chi connectivity index (χ1) is 24.8. The first-order valence-corrected chi connectivity index (χ1v) is 18.4. The zero-order valence-corrected chi connectivity index (χ0v) is 29.1. The van der Waals surface area contributed by atoms with Gasteiger partial charge >= 0.3 is 0 Å². The van der Waals surface area contributed by atoms with Gasteiger partial charge in [-0.15, -0.1) is 0 Å². The molecular weight excluding hydrogens is 642 g/mol. The summed E-state index contributed by atoms with van der Waals surface area (Å²) in [5.41, 5.74) is 6.76. The number of hydrogen-bond donors (Lipinski definition) is 3. The van der Waals surface area contributed by atoms with Crippen molar-refractivity contribution in [3.63, 3.8) is 0 Å². The van der Waals surface area contributed by atoms with Gasteiger partial charge in [0.15, 0.2) is 0 Å². The number of rotatable bonds is 9. The van der Waals surface area contributed by atoms with E-state index in [9.17, 15) is 19.2 Å². The molecule has 11 heteroatoms. The summed E-state index contributed by atoms with van der Waals surface area (Å²) in [5.74, 6) is 0.232. The number of carbonyl (C=O) groups excluding carboxylic acids is 4. The van der Waals surface area contributed by atoms with E-state index < -0.39 is 6.04 Å². The highest BCUT2D eigenvalue weighted by Crippen LogP contribution is 2.37. The molecule has 2 aromatic heterocycles. The molecule has 8 rings (SSSR count).